The van der Waals surface area contributed by atoms with Crippen molar-refractivity contribution < 1.29 is 0 Å². The van der Waals surface area contributed by atoms with Gasteiger partial charge in [0.05, 0.1) is 0 Å². The lowest BCUT2D eigenvalue weighted by Gasteiger charge is -2.39. The Morgan fingerprint density at radius 1 is 0.833 bits per heavy atom. The minimum atomic E-state index is 0.551. The van der Waals surface area contributed by atoms with Crippen LogP contribution in [0.1, 0.15) is 69.3 Å². The van der Waals surface area contributed by atoms with E-state index < -0.39 is 0 Å². The summed E-state index contributed by atoms with van der Waals surface area (Å²) < 4.78 is 0. The zero-order chi connectivity index (χ0) is 16.8. The van der Waals surface area contributed by atoms with Gasteiger partial charge in [-0.15, -0.1) is 13.2 Å². The molecule has 0 amide bonds. The second kappa shape index (κ2) is 8.70. The summed E-state index contributed by atoms with van der Waals surface area (Å²) in [7, 11) is 0. The molecular weight excluding hydrogens is 288 g/mol. The van der Waals surface area contributed by atoms with Crippen LogP contribution >= 0.6 is 0 Å². The first-order chi connectivity index (χ1) is 11.8. The predicted octanol–water partition coefficient (Wildman–Crippen LogP) is 7.15. The molecule has 2 fully saturated rings. The van der Waals surface area contributed by atoms with E-state index in [-0.39, 0.29) is 0 Å². The van der Waals surface area contributed by atoms with Crippen LogP contribution in [0, 0.1) is 23.7 Å². The third-order valence-corrected chi connectivity index (χ3v) is 6.82. The number of benzene rings is 1. The Morgan fingerprint density at radius 3 is 1.96 bits per heavy atom. The lowest BCUT2D eigenvalue weighted by atomic mass is 9.66. The molecule has 130 valence electrons. The van der Waals surface area contributed by atoms with Gasteiger partial charge in [-0.25, -0.2) is 0 Å². The standard InChI is InChI=1S/C24H34/c1-3-8-19-11-13-20(14-12-19)21-15-17-23(18-16-21)24(4-2)22-9-6-5-7-10-22/h3-7,9-10,19-21,23-24H,1-2,8,11-18H2/t19-,20-,21?,23?,24?. The van der Waals surface area contributed by atoms with Crippen LogP contribution in [-0.4, -0.2) is 0 Å². The monoisotopic (exact) mass is 322 g/mol. The molecule has 0 N–H and O–H groups in total. The van der Waals surface area contributed by atoms with Crippen LogP contribution < -0.4 is 0 Å². The van der Waals surface area contributed by atoms with E-state index in [0.29, 0.717) is 5.92 Å². The molecule has 1 unspecified atom stereocenters. The van der Waals surface area contributed by atoms with Gasteiger partial charge in [0, 0.05) is 5.92 Å². The Hall–Kier alpha value is -1.30. The van der Waals surface area contributed by atoms with Gasteiger partial charge in [-0.05, 0) is 87.0 Å². The van der Waals surface area contributed by atoms with Gasteiger partial charge >= 0.3 is 0 Å². The minimum Gasteiger partial charge on any atom is -0.103 e. The maximum Gasteiger partial charge on any atom is 0.00435 e. The van der Waals surface area contributed by atoms with Crippen molar-refractivity contribution in [2.75, 3.05) is 0 Å². The predicted molar refractivity (Wildman–Crippen MR) is 105 cm³/mol. The van der Waals surface area contributed by atoms with E-state index in [1.54, 1.807) is 0 Å². The molecule has 2 aliphatic carbocycles. The van der Waals surface area contributed by atoms with Crippen molar-refractivity contribution in [2.24, 2.45) is 23.7 Å². The average Bonchev–Trinajstić information content (AvgIpc) is 2.65. The van der Waals surface area contributed by atoms with E-state index >= 15 is 0 Å². The van der Waals surface area contributed by atoms with Crippen LogP contribution in [0.15, 0.2) is 55.6 Å². The van der Waals surface area contributed by atoms with E-state index in [2.05, 4.69) is 55.6 Å². The van der Waals surface area contributed by atoms with Crippen LogP contribution in [0.4, 0.5) is 0 Å². The summed E-state index contributed by atoms with van der Waals surface area (Å²) >= 11 is 0. The largest absolute Gasteiger partial charge is 0.103 e. The third-order valence-electron chi connectivity index (χ3n) is 6.82. The molecule has 0 radical (unpaired) electrons. The van der Waals surface area contributed by atoms with E-state index in [4.69, 9.17) is 0 Å². The highest BCUT2D eigenvalue weighted by Crippen LogP contribution is 2.45. The van der Waals surface area contributed by atoms with Crippen LogP contribution in [-0.2, 0) is 0 Å². The lowest BCUT2D eigenvalue weighted by Crippen LogP contribution is -2.27. The molecular formula is C24H34. The summed E-state index contributed by atoms with van der Waals surface area (Å²) in [5.41, 5.74) is 1.46. The summed E-state index contributed by atoms with van der Waals surface area (Å²) in [5.74, 6) is 4.28. The summed E-state index contributed by atoms with van der Waals surface area (Å²) in [5, 5.41) is 0. The average molecular weight is 323 g/mol. The second-order valence-corrected chi connectivity index (χ2v) is 8.15. The Kier molecular flexibility index (Phi) is 6.35. The van der Waals surface area contributed by atoms with Crippen molar-refractivity contribution in [2.45, 2.75) is 63.7 Å². The molecule has 1 atom stereocenters. The van der Waals surface area contributed by atoms with Crippen LogP contribution in [0.2, 0.25) is 0 Å². The molecule has 0 heteroatoms. The van der Waals surface area contributed by atoms with Crippen LogP contribution in [0.3, 0.4) is 0 Å². The molecule has 2 saturated carbocycles. The van der Waals surface area contributed by atoms with Gasteiger partial charge in [0.1, 0.15) is 0 Å². The van der Waals surface area contributed by atoms with Crippen molar-refractivity contribution in [1.29, 1.82) is 0 Å². The van der Waals surface area contributed by atoms with E-state index in [9.17, 15) is 0 Å². The highest BCUT2D eigenvalue weighted by atomic mass is 14.4. The molecule has 0 aromatic heterocycles. The molecule has 24 heavy (non-hydrogen) atoms. The van der Waals surface area contributed by atoms with Crippen molar-refractivity contribution >= 4 is 0 Å². The van der Waals surface area contributed by atoms with Crippen molar-refractivity contribution in [3.05, 3.63) is 61.2 Å². The molecule has 3 rings (SSSR count). The van der Waals surface area contributed by atoms with Gasteiger partial charge in [-0.3, -0.25) is 0 Å². The smallest absolute Gasteiger partial charge is 0.00435 e. The van der Waals surface area contributed by atoms with Crippen molar-refractivity contribution in [3.8, 4) is 0 Å². The van der Waals surface area contributed by atoms with E-state index in [1.165, 1.54) is 63.4 Å². The van der Waals surface area contributed by atoms with Gasteiger partial charge in [0.2, 0.25) is 0 Å². The molecule has 1 aromatic rings. The fourth-order valence-electron chi connectivity index (χ4n) is 5.38. The van der Waals surface area contributed by atoms with Crippen LogP contribution in [0.5, 0.6) is 0 Å². The first-order valence-corrected chi connectivity index (χ1v) is 10.1. The summed E-state index contributed by atoms with van der Waals surface area (Å²) in [4.78, 5) is 0. The third kappa shape index (κ3) is 4.21. The van der Waals surface area contributed by atoms with Gasteiger partial charge in [0.15, 0.2) is 0 Å². The molecule has 0 heterocycles. The second-order valence-electron chi connectivity index (χ2n) is 8.15. The Morgan fingerprint density at radius 2 is 1.42 bits per heavy atom. The lowest BCUT2D eigenvalue weighted by molar-refractivity contribution is 0.143. The normalized spacial score (nSPS) is 32.0. The minimum absolute atomic E-state index is 0.551. The first-order valence-electron chi connectivity index (χ1n) is 10.1. The molecule has 0 bridgehead atoms. The topological polar surface area (TPSA) is 0 Å². The zero-order valence-corrected chi connectivity index (χ0v) is 15.2. The molecule has 0 spiro atoms. The van der Waals surface area contributed by atoms with Crippen LogP contribution in [0.25, 0.3) is 0 Å². The Bertz CT molecular complexity index is 498. The van der Waals surface area contributed by atoms with Gasteiger partial charge in [0.25, 0.3) is 0 Å². The summed E-state index contributed by atoms with van der Waals surface area (Å²) in [6.45, 7) is 8.05. The SMILES string of the molecule is C=CC[C@H]1CC[C@H](C2CCC(C(C=C)c3ccccc3)CC2)CC1. The number of rotatable bonds is 6. The molecule has 2 aliphatic rings. The highest BCUT2D eigenvalue weighted by Gasteiger charge is 2.32. The Balaban J connectivity index is 1.50. The Labute approximate surface area is 149 Å². The van der Waals surface area contributed by atoms with E-state index in [0.717, 1.165) is 23.7 Å². The molecule has 0 aliphatic heterocycles. The van der Waals surface area contributed by atoms with Gasteiger partial charge in [-0.2, -0.15) is 0 Å². The number of allylic oxidation sites excluding steroid dienone is 2. The number of hydrogen-bond donors (Lipinski definition) is 0. The zero-order valence-electron chi connectivity index (χ0n) is 15.2. The molecule has 0 nitrogen and oxygen atoms in total. The summed E-state index contributed by atoms with van der Waals surface area (Å²) in [6, 6.07) is 11.0. The molecule has 1 aromatic carbocycles. The van der Waals surface area contributed by atoms with Crippen molar-refractivity contribution in [3.63, 3.8) is 0 Å². The maximum atomic E-state index is 4.14. The van der Waals surface area contributed by atoms with Gasteiger partial charge in [-0.1, -0.05) is 42.5 Å². The number of hydrogen-bond acceptors (Lipinski definition) is 0. The van der Waals surface area contributed by atoms with Crippen molar-refractivity contribution in [1.82, 2.24) is 0 Å². The van der Waals surface area contributed by atoms with Gasteiger partial charge < -0.3 is 0 Å². The first kappa shape index (κ1) is 17.5. The maximum absolute atomic E-state index is 4.14. The fraction of sp³-hybridized carbons (Fsp3) is 0.583. The summed E-state index contributed by atoms with van der Waals surface area (Å²) in [6.07, 6.45) is 17.0. The quantitative estimate of drug-likeness (QED) is 0.488. The highest BCUT2D eigenvalue weighted by molar-refractivity contribution is 5.24. The fourth-order valence-corrected chi connectivity index (χ4v) is 5.38. The molecule has 0 saturated heterocycles. The van der Waals surface area contributed by atoms with E-state index in [1.807, 2.05) is 0 Å².